The van der Waals surface area contributed by atoms with Crippen molar-refractivity contribution in [1.29, 1.82) is 0 Å². The summed E-state index contributed by atoms with van der Waals surface area (Å²) in [4.78, 5) is 20.7. The molecule has 0 bridgehead atoms. The molecule has 1 aliphatic rings. The van der Waals surface area contributed by atoms with Gasteiger partial charge in [-0.25, -0.2) is 4.98 Å². The number of pyridine rings is 1. The van der Waals surface area contributed by atoms with Gasteiger partial charge in [-0.2, -0.15) is 0 Å². The molecule has 0 amide bonds. The van der Waals surface area contributed by atoms with E-state index in [0.717, 1.165) is 51.4 Å². The monoisotopic (exact) mass is 433 g/mol. The molecule has 4 heterocycles. The van der Waals surface area contributed by atoms with Crippen LogP contribution in [-0.2, 0) is 0 Å². The van der Waals surface area contributed by atoms with Crippen LogP contribution < -0.4 is 9.80 Å². The lowest BCUT2D eigenvalue weighted by molar-refractivity contribution is 0.112. The van der Waals surface area contributed by atoms with Crippen molar-refractivity contribution in [2.24, 2.45) is 0 Å². The van der Waals surface area contributed by atoms with E-state index in [1.807, 2.05) is 54.7 Å². The number of aldehydes is 1. The number of hydrogen-bond donors (Lipinski definition) is 0. The molecule has 160 valence electrons. The number of hydrogen-bond acceptors (Lipinski definition) is 6. The molecule has 2 aromatic carbocycles. The van der Waals surface area contributed by atoms with E-state index < -0.39 is 0 Å². The van der Waals surface area contributed by atoms with Crippen molar-refractivity contribution in [2.45, 2.75) is 0 Å². The molecule has 0 radical (unpaired) electrons. The number of nitrogens with zero attached hydrogens (tertiary/aromatic N) is 3. The van der Waals surface area contributed by atoms with Crippen LogP contribution in [0.15, 0.2) is 107 Å². The lowest BCUT2D eigenvalue weighted by atomic mass is 10.00. The highest BCUT2D eigenvalue weighted by Crippen LogP contribution is 2.45. The van der Waals surface area contributed by atoms with Gasteiger partial charge in [0.1, 0.15) is 12.9 Å². The van der Waals surface area contributed by atoms with E-state index in [4.69, 9.17) is 13.8 Å². The van der Waals surface area contributed by atoms with Gasteiger partial charge in [-0.15, -0.1) is 0 Å². The summed E-state index contributed by atoms with van der Waals surface area (Å²) in [7, 11) is 0. The largest absolute Gasteiger partial charge is 0.472 e. The molecule has 6 nitrogen and oxygen atoms in total. The van der Waals surface area contributed by atoms with Crippen molar-refractivity contribution in [3.8, 4) is 22.3 Å². The Kier molecular flexibility index (Phi) is 4.54. The summed E-state index contributed by atoms with van der Waals surface area (Å²) in [5, 5.41) is 0. The zero-order chi connectivity index (χ0) is 22.2. The zero-order valence-corrected chi connectivity index (χ0v) is 17.6. The molecule has 0 saturated carbocycles. The molecule has 0 N–H and O–H groups in total. The standard InChI is InChI=1S/C27H19N3O3/c31-15-20-4-1-2-7-25(20)19-5-3-6-23(12-19)30-18-29(24-9-11-33-17-24)26-13-22(14-28-27(26)30)21-8-10-32-16-21/h1-17H,18H2. The highest BCUT2D eigenvalue weighted by Gasteiger charge is 2.30. The van der Waals surface area contributed by atoms with Gasteiger partial charge in [0.2, 0.25) is 0 Å². The van der Waals surface area contributed by atoms with Gasteiger partial charge in [0.15, 0.2) is 12.1 Å². The van der Waals surface area contributed by atoms with Gasteiger partial charge in [0.25, 0.3) is 0 Å². The fourth-order valence-electron chi connectivity index (χ4n) is 4.26. The summed E-state index contributed by atoms with van der Waals surface area (Å²) in [5.41, 5.74) is 7.43. The predicted octanol–water partition coefficient (Wildman–Crippen LogP) is 6.66. The van der Waals surface area contributed by atoms with Crippen LogP contribution in [0.4, 0.5) is 22.9 Å². The Labute approximate surface area is 190 Å². The normalized spacial score (nSPS) is 12.7. The van der Waals surface area contributed by atoms with E-state index in [9.17, 15) is 4.79 Å². The minimum absolute atomic E-state index is 0.579. The molecule has 6 heteroatoms. The van der Waals surface area contributed by atoms with Crippen LogP contribution in [0, 0.1) is 0 Å². The maximum absolute atomic E-state index is 11.6. The third kappa shape index (κ3) is 3.29. The SMILES string of the molecule is O=Cc1ccccc1-c1cccc(N2CN(c3ccoc3)c3cc(-c4ccoc4)cnc32)c1. The molecule has 0 atom stereocenters. The van der Waals surface area contributed by atoms with Gasteiger partial charge in [-0.3, -0.25) is 4.79 Å². The average Bonchev–Trinajstić information content (AvgIpc) is 3.64. The van der Waals surface area contributed by atoms with Crippen molar-refractivity contribution < 1.29 is 13.6 Å². The van der Waals surface area contributed by atoms with Crippen molar-refractivity contribution >= 4 is 29.2 Å². The first-order valence-electron chi connectivity index (χ1n) is 10.6. The number of aromatic nitrogens is 1. The van der Waals surface area contributed by atoms with Crippen LogP contribution in [-0.4, -0.2) is 17.9 Å². The number of anilines is 4. The second-order valence-corrected chi connectivity index (χ2v) is 7.81. The van der Waals surface area contributed by atoms with Crippen molar-refractivity contribution in [3.05, 3.63) is 104 Å². The number of fused-ring (bicyclic) bond motifs is 1. The molecule has 0 saturated heterocycles. The zero-order valence-electron chi connectivity index (χ0n) is 17.6. The maximum Gasteiger partial charge on any atom is 0.158 e. The quantitative estimate of drug-likeness (QED) is 0.289. The molecule has 0 fully saturated rings. The molecule has 0 aliphatic carbocycles. The number of furan rings is 2. The molecule has 1 aliphatic heterocycles. The summed E-state index contributed by atoms with van der Waals surface area (Å²) in [6, 6.07) is 21.8. The molecule has 3 aromatic heterocycles. The summed E-state index contributed by atoms with van der Waals surface area (Å²) in [6.07, 6.45) is 9.53. The maximum atomic E-state index is 11.6. The lowest BCUT2D eigenvalue weighted by Gasteiger charge is -2.21. The Morgan fingerprint density at radius 1 is 0.788 bits per heavy atom. The molecule has 0 unspecified atom stereocenters. The van der Waals surface area contributed by atoms with E-state index >= 15 is 0 Å². The van der Waals surface area contributed by atoms with Crippen molar-refractivity contribution in [3.63, 3.8) is 0 Å². The molecule has 6 rings (SSSR count). The van der Waals surface area contributed by atoms with Gasteiger partial charge >= 0.3 is 0 Å². The van der Waals surface area contributed by atoms with Gasteiger partial charge in [0.05, 0.1) is 30.2 Å². The minimum atomic E-state index is 0.579. The van der Waals surface area contributed by atoms with Gasteiger partial charge in [-0.1, -0.05) is 36.4 Å². The molecule has 5 aromatic rings. The van der Waals surface area contributed by atoms with Crippen LogP contribution in [0.5, 0.6) is 0 Å². The van der Waals surface area contributed by atoms with Crippen LogP contribution in [0.3, 0.4) is 0 Å². The first kappa shape index (κ1) is 19.1. The van der Waals surface area contributed by atoms with Gasteiger partial charge in [-0.05, 0) is 35.4 Å². The number of benzene rings is 2. The highest BCUT2D eigenvalue weighted by molar-refractivity contribution is 5.90. The van der Waals surface area contributed by atoms with E-state index in [1.165, 1.54) is 0 Å². The highest BCUT2D eigenvalue weighted by atomic mass is 16.3. The fourth-order valence-corrected chi connectivity index (χ4v) is 4.26. The topological polar surface area (TPSA) is 62.7 Å². The molecule has 33 heavy (non-hydrogen) atoms. The molecular formula is C27H19N3O3. The predicted molar refractivity (Wildman–Crippen MR) is 127 cm³/mol. The first-order chi connectivity index (χ1) is 16.3. The van der Waals surface area contributed by atoms with Crippen LogP contribution in [0.2, 0.25) is 0 Å². The Hall–Kier alpha value is -4.58. The van der Waals surface area contributed by atoms with Crippen molar-refractivity contribution in [2.75, 3.05) is 16.5 Å². The third-order valence-electron chi connectivity index (χ3n) is 5.91. The lowest BCUT2D eigenvalue weighted by Crippen LogP contribution is -2.23. The number of carbonyl (C=O) groups excluding carboxylic acids is 1. The molecule has 0 spiro atoms. The Morgan fingerprint density at radius 3 is 2.48 bits per heavy atom. The smallest absolute Gasteiger partial charge is 0.158 e. The van der Waals surface area contributed by atoms with E-state index in [1.54, 1.807) is 25.1 Å². The van der Waals surface area contributed by atoms with Crippen molar-refractivity contribution in [1.82, 2.24) is 4.98 Å². The van der Waals surface area contributed by atoms with E-state index in [0.29, 0.717) is 12.2 Å². The van der Waals surface area contributed by atoms with Crippen LogP contribution >= 0.6 is 0 Å². The Balaban J connectivity index is 1.45. The van der Waals surface area contributed by atoms with Crippen LogP contribution in [0.1, 0.15) is 10.4 Å². The van der Waals surface area contributed by atoms with Crippen LogP contribution in [0.25, 0.3) is 22.3 Å². The minimum Gasteiger partial charge on any atom is -0.472 e. The fraction of sp³-hybridized carbons (Fsp3) is 0.0370. The summed E-state index contributed by atoms with van der Waals surface area (Å²) in [5.74, 6) is 0.851. The summed E-state index contributed by atoms with van der Waals surface area (Å²) < 4.78 is 10.6. The number of carbonyl (C=O) groups is 1. The van der Waals surface area contributed by atoms with E-state index in [2.05, 4.69) is 28.0 Å². The van der Waals surface area contributed by atoms with Gasteiger partial charge < -0.3 is 18.6 Å². The summed E-state index contributed by atoms with van der Waals surface area (Å²) >= 11 is 0. The average molecular weight is 433 g/mol. The third-order valence-corrected chi connectivity index (χ3v) is 5.91. The Bertz CT molecular complexity index is 1430. The summed E-state index contributed by atoms with van der Waals surface area (Å²) in [6.45, 7) is 0.579. The second-order valence-electron chi connectivity index (χ2n) is 7.81. The Morgan fingerprint density at radius 2 is 1.67 bits per heavy atom. The molecular weight excluding hydrogens is 414 g/mol. The van der Waals surface area contributed by atoms with Gasteiger partial charge in [0, 0.05) is 34.6 Å². The second kappa shape index (κ2) is 7.84. The number of rotatable bonds is 5. The first-order valence-corrected chi connectivity index (χ1v) is 10.6. The van der Waals surface area contributed by atoms with E-state index in [-0.39, 0.29) is 0 Å².